The van der Waals surface area contributed by atoms with E-state index in [9.17, 15) is 0 Å². The number of benzene rings is 1. The lowest BCUT2D eigenvalue weighted by Crippen LogP contribution is -2.26. The molecule has 2 fully saturated rings. The maximum Gasteiger partial charge on any atom is 0.0514 e. The Morgan fingerprint density at radius 3 is 2.58 bits per heavy atom. The number of rotatable bonds is 4. The van der Waals surface area contributed by atoms with Gasteiger partial charge in [-0.3, -0.25) is 0 Å². The van der Waals surface area contributed by atoms with Crippen molar-refractivity contribution < 1.29 is 4.74 Å². The average molecular weight is 260 g/mol. The van der Waals surface area contributed by atoms with Crippen LogP contribution in [0.4, 0.5) is 11.4 Å². The molecule has 2 heterocycles. The third-order valence-corrected chi connectivity index (χ3v) is 4.40. The van der Waals surface area contributed by atoms with Crippen LogP contribution in [-0.2, 0) is 4.74 Å². The van der Waals surface area contributed by atoms with Crippen LogP contribution in [0.3, 0.4) is 0 Å². The summed E-state index contributed by atoms with van der Waals surface area (Å²) in [6.07, 6.45) is 3.84. The van der Waals surface area contributed by atoms with E-state index in [2.05, 4.69) is 41.4 Å². The molecule has 3 heteroatoms. The maximum atomic E-state index is 5.46. The van der Waals surface area contributed by atoms with Gasteiger partial charge >= 0.3 is 0 Å². The van der Waals surface area contributed by atoms with Gasteiger partial charge in [0.2, 0.25) is 0 Å². The van der Waals surface area contributed by atoms with Crippen molar-refractivity contribution in [3.8, 4) is 0 Å². The van der Waals surface area contributed by atoms with Crippen LogP contribution in [0.15, 0.2) is 24.3 Å². The molecule has 2 aliphatic heterocycles. The summed E-state index contributed by atoms with van der Waals surface area (Å²) in [6.45, 7) is 6.50. The molecule has 3 nitrogen and oxygen atoms in total. The van der Waals surface area contributed by atoms with E-state index in [1.807, 2.05) is 0 Å². The molecule has 2 saturated heterocycles. The van der Waals surface area contributed by atoms with Gasteiger partial charge in [0.05, 0.1) is 6.61 Å². The minimum Gasteiger partial charge on any atom is -0.382 e. The first-order valence-corrected chi connectivity index (χ1v) is 7.52. The second-order valence-electron chi connectivity index (χ2n) is 5.80. The zero-order valence-corrected chi connectivity index (χ0v) is 11.8. The highest BCUT2D eigenvalue weighted by atomic mass is 16.5. The summed E-state index contributed by atoms with van der Waals surface area (Å²) in [4.78, 5) is 2.47. The number of hydrogen-bond donors (Lipinski definition) is 1. The second kappa shape index (κ2) is 5.83. The van der Waals surface area contributed by atoms with E-state index in [1.54, 1.807) is 0 Å². The summed E-state index contributed by atoms with van der Waals surface area (Å²) in [5.41, 5.74) is 2.59. The molecular weight excluding hydrogens is 236 g/mol. The second-order valence-corrected chi connectivity index (χ2v) is 5.80. The lowest BCUT2D eigenvalue weighted by atomic mass is 10.0. The van der Waals surface area contributed by atoms with Crippen molar-refractivity contribution in [3.05, 3.63) is 24.3 Å². The van der Waals surface area contributed by atoms with Crippen LogP contribution >= 0.6 is 0 Å². The first-order valence-electron chi connectivity index (χ1n) is 7.52. The van der Waals surface area contributed by atoms with Gasteiger partial charge in [-0.2, -0.15) is 0 Å². The molecule has 0 spiro atoms. The molecule has 1 aromatic rings. The van der Waals surface area contributed by atoms with Crippen molar-refractivity contribution in [1.82, 2.24) is 0 Å². The number of ether oxygens (including phenoxy) is 1. The Morgan fingerprint density at radius 2 is 1.95 bits per heavy atom. The Kier molecular flexibility index (Phi) is 3.92. The summed E-state index contributed by atoms with van der Waals surface area (Å²) < 4.78 is 5.46. The first-order chi connectivity index (χ1) is 9.33. The lowest BCUT2D eigenvalue weighted by Gasteiger charge is -2.22. The molecule has 0 amide bonds. The van der Waals surface area contributed by atoms with E-state index >= 15 is 0 Å². The molecule has 104 valence electrons. The molecular formula is C16H24N2O. The van der Waals surface area contributed by atoms with Crippen LogP contribution in [0.2, 0.25) is 0 Å². The minimum atomic E-state index is 0.486. The molecule has 0 bridgehead atoms. The predicted octanol–water partition coefficient (Wildman–Crippen LogP) is 3.12. The molecule has 2 unspecified atom stereocenters. The topological polar surface area (TPSA) is 24.5 Å². The Balaban J connectivity index is 1.58. The SMILES string of the molecule is CC(Nc1ccc(N2CCCC2)cc1)C1CCOC1. The molecule has 2 aliphatic rings. The maximum absolute atomic E-state index is 5.46. The van der Waals surface area contributed by atoms with E-state index in [-0.39, 0.29) is 0 Å². The van der Waals surface area contributed by atoms with E-state index in [1.165, 1.54) is 43.7 Å². The zero-order valence-electron chi connectivity index (χ0n) is 11.8. The summed E-state index contributed by atoms with van der Waals surface area (Å²) >= 11 is 0. The fourth-order valence-corrected chi connectivity index (χ4v) is 3.07. The van der Waals surface area contributed by atoms with Gasteiger partial charge in [0.25, 0.3) is 0 Å². The lowest BCUT2D eigenvalue weighted by molar-refractivity contribution is 0.183. The van der Waals surface area contributed by atoms with Crippen molar-refractivity contribution in [3.63, 3.8) is 0 Å². The van der Waals surface area contributed by atoms with Gasteiger partial charge in [-0.15, -0.1) is 0 Å². The van der Waals surface area contributed by atoms with Crippen molar-refractivity contribution in [2.45, 2.75) is 32.2 Å². The highest BCUT2D eigenvalue weighted by Crippen LogP contribution is 2.24. The molecule has 3 rings (SSSR count). The van der Waals surface area contributed by atoms with Gasteiger partial charge in [0.15, 0.2) is 0 Å². The number of anilines is 2. The summed E-state index contributed by atoms with van der Waals surface area (Å²) in [5, 5.41) is 3.60. The van der Waals surface area contributed by atoms with Crippen LogP contribution in [0, 0.1) is 5.92 Å². The zero-order chi connectivity index (χ0) is 13.1. The minimum absolute atomic E-state index is 0.486. The van der Waals surface area contributed by atoms with E-state index < -0.39 is 0 Å². The van der Waals surface area contributed by atoms with Crippen molar-refractivity contribution in [1.29, 1.82) is 0 Å². The monoisotopic (exact) mass is 260 g/mol. The molecule has 1 aromatic carbocycles. The van der Waals surface area contributed by atoms with Gasteiger partial charge in [-0.05, 0) is 50.5 Å². The van der Waals surface area contributed by atoms with E-state index in [0.717, 1.165) is 13.2 Å². The van der Waals surface area contributed by atoms with E-state index in [0.29, 0.717) is 12.0 Å². The standard InChI is InChI=1S/C16H24N2O/c1-13(14-8-11-19-12-14)17-15-4-6-16(7-5-15)18-9-2-3-10-18/h4-7,13-14,17H,2-3,8-12H2,1H3. The summed E-state index contributed by atoms with van der Waals surface area (Å²) in [7, 11) is 0. The third-order valence-electron chi connectivity index (χ3n) is 4.40. The van der Waals surface area contributed by atoms with Gasteiger partial charge in [-0.25, -0.2) is 0 Å². The fraction of sp³-hybridized carbons (Fsp3) is 0.625. The fourth-order valence-electron chi connectivity index (χ4n) is 3.07. The van der Waals surface area contributed by atoms with Crippen LogP contribution < -0.4 is 10.2 Å². The largest absolute Gasteiger partial charge is 0.382 e. The normalized spacial score (nSPS) is 24.7. The van der Waals surface area contributed by atoms with Crippen LogP contribution in [0.5, 0.6) is 0 Å². The molecule has 19 heavy (non-hydrogen) atoms. The quantitative estimate of drug-likeness (QED) is 0.900. The molecule has 0 saturated carbocycles. The Bertz CT molecular complexity index is 392. The highest BCUT2D eigenvalue weighted by Gasteiger charge is 2.22. The van der Waals surface area contributed by atoms with Crippen LogP contribution in [0.1, 0.15) is 26.2 Å². The summed E-state index contributed by atoms with van der Waals surface area (Å²) in [6, 6.07) is 9.39. The number of nitrogens with one attached hydrogen (secondary N) is 1. The predicted molar refractivity (Wildman–Crippen MR) is 79.9 cm³/mol. The van der Waals surface area contributed by atoms with E-state index in [4.69, 9.17) is 4.74 Å². The van der Waals surface area contributed by atoms with Gasteiger partial charge in [0.1, 0.15) is 0 Å². The third kappa shape index (κ3) is 3.03. The smallest absolute Gasteiger partial charge is 0.0514 e. The Hall–Kier alpha value is -1.22. The molecule has 0 radical (unpaired) electrons. The van der Waals surface area contributed by atoms with Crippen LogP contribution in [0.25, 0.3) is 0 Å². The molecule has 1 N–H and O–H groups in total. The Labute approximate surface area is 115 Å². The average Bonchev–Trinajstić information content (AvgIpc) is 3.13. The van der Waals surface area contributed by atoms with Crippen LogP contribution in [-0.4, -0.2) is 32.3 Å². The first kappa shape index (κ1) is 12.8. The number of nitrogens with zero attached hydrogens (tertiary/aromatic N) is 1. The van der Waals surface area contributed by atoms with Crippen molar-refractivity contribution >= 4 is 11.4 Å². The van der Waals surface area contributed by atoms with Crippen molar-refractivity contribution in [2.24, 2.45) is 5.92 Å². The van der Waals surface area contributed by atoms with Gasteiger partial charge < -0.3 is 15.0 Å². The summed E-state index contributed by atoms with van der Waals surface area (Å²) in [5.74, 6) is 0.651. The molecule has 2 atom stereocenters. The van der Waals surface area contributed by atoms with Gasteiger partial charge in [0, 0.05) is 43.0 Å². The molecule has 0 aliphatic carbocycles. The van der Waals surface area contributed by atoms with Gasteiger partial charge in [-0.1, -0.05) is 0 Å². The highest BCUT2D eigenvalue weighted by molar-refractivity contribution is 5.55. The number of hydrogen-bond acceptors (Lipinski definition) is 3. The Morgan fingerprint density at radius 1 is 1.21 bits per heavy atom. The molecule has 0 aromatic heterocycles. The van der Waals surface area contributed by atoms with Crippen molar-refractivity contribution in [2.75, 3.05) is 36.5 Å².